The number of nitrogens with one attached hydrogen (secondary N) is 1. The Balaban J connectivity index is 2.05. The summed E-state index contributed by atoms with van der Waals surface area (Å²) < 4.78 is 26.5. The fraction of sp³-hybridized carbons (Fsp3) is 0.417. The van der Waals surface area contributed by atoms with Crippen LogP contribution in [0.25, 0.3) is 0 Å². The Morgan fingerprint density at radius 2 is 2.06 bits per heavy atom. The number of rotatable bonds is 3. The van der Waals surface area contributed by atoms with Gasteiger partial charge in [-0.05, 0) is 41.3 Å². The third-order valence-corrected chi connectivity index (χ3v) is 3.75. The summed E-state index contributed by atoms with van der Waals surface area (Å²) in [6.07, 6.45) is 2.77. The van der Waals surface area contributed by atoms with Crippen LogP contribution < -0.4 is 11.1 Å². The van der Waals surface area contributed by atoms with Crippen LogP contribution in [-0.4, -0.2) is 11.4 Å². The molecular weight excluding hydrogens is 306 g/mol. The van der Waals surface area contributed by atoms with Gasteiger partial charge in [-0.2, -0.15) is 0 Å². The molecule has 1 amide bonds. The first-order chi connectivity index (χ1) is 8.39. The molecule has 1 aromatic carbocycles. The Bertz CT molecular complexity index is 489. The van der Waals surface area contributed by atoms with Gasteiger partial charge in [-0.25, -0.2) is 8.78 Å². The van der Waals surface area contributed by atoms with Crippen LogP contribution in [0.1, 0.15) is 25.7 Å². The predicted octanol–water partition coefficient (Wildman–Crippen LogP) is 2.94. The minimum Gasteiger partial charge on any atom is -0.325 e. The molecule has 1 fully saturated rings. The van der Waals surface area contributed by atoms with Crippen molar-refractivity contribution < 1.29 is 13.6 Å². The highest BCUT2D eigenvalue weighted by Gasteiger charge is 2.34. The van der Waals surface area contributed by atoms with Crippen molar-refractivity contribution >= 4 is 27.5 Å². The second-order valence-electron chi connectivity index (χ2n) is 4.69. The van der Waals surface area contributed by atoms with Gasteiger partial charge in [0.15, 0.2) is 0 Å². The van der Waals surface area contributed by atoms with E-state index in [-0.39, 0.29) is 22.5 Å². The van der Waals surface area contributed by atoms with Crippen LogP contribution in [-0.2, 0) is 4.79 Å². The van der Waals surface area contributed by atoms with E-state index < -0.39 is 17.2 Å². The van der Waals surface area contributed by atoms with Gasteiger partial charge in [-0.15, -0.1) is 0 Å². The molecule has 1 aliphatic rings. The summed E-state index contributed by atoms with van der Waals surface area (Å²) in [6.45, 7) is 0. The first-order valence-electron chi connectivity index (χ1n) is 5.63. The monoisotopic (exact) mass is 318 g/mol. The van der Waals surface area contributed by atoms with E-state index in [9.17, 15) is 13.6 Å². The SMILES string of the molecule is NC1(CC(=O)Nc2cc(Br)c(F)cc2F)CCC1. The molecule has 0 aliphatic heterocycles. The molecular formula is C12H13BrF2N2O. The molecule has 0 radical (unpaired) electrons. The van der Waals surface area contributed by atoms with Crippen LogP contribution >= 0.6 is 15.9 Å². The van der Waals surface area contributed by atoms with Gasteiger partial charge in [0, 0.05) is 18.0 Å². The summed E-state index contributed by atoms with van der Waals surface area (Å²) in [7, 11) is 0. The van der Waals surface area contributed by atoms with E-state index in [0.29, 0.717) is 0 Å². The first-order valence-corrected chi connectivity index (χ1v) is 6.42. The summed E-state index contributed by atoms with van der Waals surface area (Å²) in [6, 6.07) is 1.92. The molecule has 18 heavy (non-hydrogen) atoms. The maximum atomic E-state index is 13.4. The second kappa shape index (κ2) is 4.93. The van der Waals surface area contributed by atoms with Crippen molar-refractivity contribution in [3.63, 3.8) is 0 Å². The lowest BCUT2D eigenvalue weighted by Crippen LogP contribution is -2.48. The minimum absolute atomic E-state index is 0.0452. The summed E-state index contributed by atoms with van der Waals surface area (Å²) in [4.78, 5) is 11.7. The topological polar surface area (TPSA) is 55.1 Å². The average molecular weight is 319 g/mol. The van der Waals surface area contributed by atoms with Crippen molar-refractivity contribution in [3.05, 3.63) is 28.2 Å². The Morgan fingerprint density at radius 1 is 1.39 bits per heavy atom. The largest absolute Gasteiger partial charge is 0.325 e. The van der Waals surface area contributed by atoms with Gasteiger partial charge in [0.2, 0.25) is 5.91 Å². The number of carbonyl (C=O) groups excluding carboxylic acids is 1. The van der Waals surface area contributed by atoms with E-state index in [2.05, 4.69) is 21.2 Å². The summed E-state index contributed by atoms with van der Waals surface area (Å²) in [5.41, 5.74) is 5.42. The molecule has 0 aromatic heterocycles. The van der Waals surface area contributed by atoms with E-state index in [0.717, 1.165) is 25.3 Å². The smallest absolute Gasteiger partial charge is 0.226 e. The molecule has 1 saturated carbocycles. The van der Waals surface area contributed by atoms with Crippen LogP contribution in [0.5, 0.6) is 0 Å². The molecule has 6 heteroatoms. The highest BCUT2D eigenvalue weighted by atomic mass is 79.9. The normalized spacial score (nSPS) is 17.1. The molecule has 3 nitrogen and oxygen atoms in total. The van der Waals surface area contributed by atoms with E-state index in [1.165, 1.54) is 6.07 Å². The molecule has 0 atom stereocenters. The van der Waals surface area contributed by atoms with Gasteiger partial charge >= 0.3 is 0 Å². The summed E-state index contributed by atoms with van der Waals surface area (Å²) in [5.74, 6) is -1.86. The van der Waals surface area contributed by atoms with Crippen LogP contribution in [0, 0.1) is 11.6 Å². The molecule has 3 N–H and O–H groups in total. The number of anilines is 1. The maximum absolute atomic E-state index is 13.4. The quantitative estimate of drug-likeness (QED) is 0.842. The van der Waals surface area contributed by atoms with Crippen molar-refractivity contribution in [2.45, 2.75) is 31.2 Å². The van der Waals surface area contributed by atoms with Gasteiger partial charge in [-0.3, -0.25) is 4.79 Å². The van der Waals surface area contributed by atoms with E-state index >= 15 is 0 Å². The van der Waals surface area contributed by atoms with Crippen molar-refractivity contribution in [1.82, 2.24) is 0 Å². The van der Waals surface area contributed by atoms with Crippen molar-refractivity contribution in [2.24, 2.45) is 5.73 Å². The standard InChI is InChI=1S/C12H13BrF2N2O/c13-7-4-10(9(15)5-8(7)14)17-11(18)6-12(16)2-1-3-12/h4-5H,1-3,6,16H2,(H,17,18). The lowest BCUT2D eigenvalue weighted by molar-refractivity contribution is -0.118. The highest BCUT2D eigenvalue weighted by Crippen LogP contribution is 2.32. The first kappa shape index (κ1) is 13.4. The zero-order valence-corrected chi connectivity index (χ0v) is 11.2. The van der Waals surface area contributed by atoms with Crippen molar-refractivity contribution in [1.29, 1.82) is 0 Å². The lowest BCUT2D eigenvalue weighted by Gasteiger charge is -2.37. The Hall–Kier alpha value is -1.01. The molecule has 0 unspecified atom stereocenters. The van der Waals surface area contributed by atoms with Crippen molar-refractivity contribution in [2.75, 3.05) is 5.32 Å². The highest BCUT2D eigenvalue weighted by molar-refractivity contribution is 9.10. The Labute approximate surface area is 112 Å². The number of halogens is 3. The molecule has 0 bridgehead atoms. The van der Waals surface area contributed by atoms with E-state index in [1.54, 1.807) is 0 Å². The van der Waals surface area contributed by atoms with E-state index in [4.69, 9.17) is 5.73 Å². The number of nitrogens with two attached hydrogens (primary N) is 1. The number of benzene rings is 1. The van der Waals surface area contributed by atoms with Crippen LogP contribution in [0.3, 0.4) is 0 Å². The second-order valence-corrected chi connectivity index (χ2v) is 5.54. The van der Waals surface area contributed by atoms with Gasteiger partial charge in [0.05, 0.1) is 10.2 Å². The predicted molar refractivity (Wildman–Crippen MR) is 68.1 cm³/mol. The summed E-state index contributed by atoms with van der Waals surface area (Å²) >= 11 is 2.94. The third-order valence-electron chi connectivity index (χ3n) is 3.15. The molecule has 98 valence electrons. The Kier molecular flexibility index (Phi) is 3.68. The van der Waals surface area contributed by atoms with Crippen LogP contribution in [0.15, 0.2) is 16.6 Å². The van der Waals surface area contributed by atoms with Crippen LogP contribution in [0.4, 0.5) is 14.5 Å². The molecule has 1 aromatic rings. The Morgan fingerprint density at radius 3 is 2.61 bits per heavy atom. The summed E-state index contributed by atoms with van der Waals surface area (Å²) in [5, 5.41) is 2.41. The van der Waals surface area contributed by atoms with Gasteiger partial charge < -0.3 is 11.1 Å². The number of amides is 1. The van der Waals surface area contributed by atoms with Gasteiger partial charge in [0.1, 0.15) is 11.6 Å². The van der Waals surface area contributed by atoms with Gasteiger partial charge in [0.25, 0.3) is 0 Å². The molecule has 1 aliphatic carbocycles. The van der Waals surface area contributed by atoms with Crippen molar-refractivity contribution in [3.8, 4) is 0 Å². The van der Waals surface area contributed by atoms with Crippen LogP contribution in [0.2, 0.25) is 0 Å². The number of carbonyl (C=O) groups is 1. The van der Waals surface area contributed by atoms with Gasteiger partial charge in [-0.1, -0.05) is 0 Å². The molecule has 0 spiro atoms. The number of hydrogen-bond acceptors (Lipinski definition) is 2. The minimum atomic E-state index is -0.802. The lowest BCUT2D eigenvalue weighted by atomic mass is 9.75. The maximum Gasteiger partial charge on any atom is 0.226 e. The number of hydrogen-bond donors (Lipinski definition) is 2. The molecule has 0 heterocycles. The molecule has 0 saturated heterocycles. The molecule has 2 rings (SSSR count). The third kappa shape index (κ3) is 2.87. The zero-order chi connectivity index (χ0) is 13.3. The fourth-order valence-corrected chi connectivity index (χ4v) is 2.28. The van der Waals surface area contributed by atoms with E-state index in [1.807, 2.05) is 0 Å². The zero-order valence-electron chi connectivity index (χ0n) is 9.60. The average Bonchev–Trinajstić information content (AvgIpc) is 2.23. The fourth-order valence-electron chi connectivity index (χ4n) is 1.94.